The highest BCUT2D eigenvalue weighted by Gasteiger charge is 1.87. The topological polar surface area (TPSA) is 76.1 Å². The predicted molar refractivity (Wildman–Crippen MR) is 57.0 cm³/mol. The zero-order chi connectivity index (χ0) is 11.7. The van der Waals surface area contributed by atoms with Crippen LogP contribution < -0.4 is 5.73 Å². The number of benzene rings is 1. The van der Waals surface area contributed by atoms with Crippen LogP contribution >= 0.6 is 0 Å². The van der Waals surface area contributed by atoms with Crippen LogP contribution in [0.2, 0.25) is 0 Å². The van der Waals surface area contributed by atoms with Crippen LogP contribution in [0.1, 0.15) is 11.1 Å². The molecule has 4 heteroatoms. The van der Waals surface area contributed by atoms with Gasteiger partial charge < -0.3 is 10.5 Å². The van der Waals surface area contributed by atoms with E-state index in [0.29, 0.717) is 0 Å². The van der Waals surface area contributed by atoms with E-state index in [2.05, 4.69) is 10.8 Å². The quantitative estimate of drug-likeness (QED) is 0.695. The van der Waals surface area contributed by atoms with Crippen LogP contribution in [0.4, 0.5) is 0 Å². The second-order valence-electron chi connectivity index (χ2n) is 2.76. The van der Waals surface area contributed by atoms with E-state index in [-0.39, 0.29) is 12.5 Å². The number of hydrogen-bond acceptors (Lipinski definition) is 4. The number of hydrogen-bond donors (Lipinski definition) is 1. The second kappa shape index (κ2) is 7.54. The van der Waals surface area contributed by atoms with E-state index < -0.39 is 0 Å². The van der Waals surface area contributed by atoms with Crippen LogP contribution in [0.15, 0.2) is 24.3 Å². The third kappa shape index (κ3) is 6.24. The first-order chi connectivity index (χ1) is 7.13. The molecule has 15 heavy (non-hydrogen) atoms. The number of nitrogens with two attached hydrogens (primary N) is 1. The average Bonchev–Trinajstić information content (AvgIpc) is 2.30. The third-order valence-corrected chi connectivity index (χ3v) is 1.58. The Kier molecular flexibility index (Phi) is 6.60. The lowest BCUT2D eigenvalue weighted by Gasteiger charge is -1.88. The molecule has 0 aromatic heterocycles. The molecule has 1 rings (SSSR count). The number of ether oxygens (including phenoxy) is 1. The van der Waals surface area contributed by atoms with Crippen molar-refractivity contribution in [2.45, 2.75) is 6.92 Å². The lowest BCUT2D eigenvalue weighted by atomic mass is 10.2. The molecule has 0 saturated carbocycles. The molecule has 0 bridgehead atoms. The molecule has 0 aliphatic heterocycles. The minimum absolute atomic E-state index is 0.0312. The maximum Gasteiger partial charge on any atom is 0.319 e. The first-order valence-corrected chi connectivity index (χ1v) is 4.37. The van der Waals surface area contributed by atoms with Gasteiger partial charge >= 0.3 is 5.97 Å². The molecular weight excluding hydrogens is 192 g/mol. The lowest BCUT2D eigenvalue weighted by Crippen LogP contribution is -2.14. The number of aryl methyl sites for hydroxylation is 1. The molecule has 80 valence electrons. The van der Waals surface area contributed by atoms with Gasteiger partial charge in [0.25, 0.3) is 0 Å². The van der Waals surface area contributed by atoms with Crippen LogP contribution in [-0.4, -0.2) is 19.6 Å². The highest BCUT2D eigenvalue weighted by atomic mass is 16.5. The zero-order valence-corrected chi connectivity index (χ0v) is 8.86. The molecule has 0 aliphatic carbocycles. The second-order valence-corrected chi connectivity index (χ2v) is 2.76. The van der Waals surface area contributed by atoms with Gasteiger partial charge in [-0.3, -0.25) is 4.79 Å². The van der Waals surface area contributed by atoms with Crippen molar-refractivity contribution in [2.24, 2.45) is 5.73 Å². The summed E-state index contributed by atoms with van der Waals surface area (Å²) in [7, 11) is 1.30. The largest absolute Gasteiger partial charge is 0.468 e. The molecule has 0 heterocycles. The van der Waals surface area contributed by atoms with Crippen LogP contribution in [0.3, 0.4) is 0 Å². The molecule has 0 amide bonds. The molecule has 0 fully saturated rings. The summed E-state index contributed by atoms with van der Waals surface area (Å²) in [5.74, 6) is -0.380. The van der Waals surface area contributed by atoms with E-state index in [4.69, 9.17) is 11.0 Å². The summed E-state index contributed by atoms with van der Waals surface area (Å²) >= 11 is 0. The maximum atomic E-state index is 9.83. The van der Waals surface area contributed by atoms with E-state index in [1.54, 1.807) is 0 Å². The molecular formula is C11H14N2O2. The Bertz CT molecular complexity index is 333. The molecule has 4 nitrogen and oxygen atoms in total. The van der Waals surface area contributed by atoms with Crippen molar-refractivity contribution < 1.29 is 9.53 Å². The van der Waals surface area contributed by atoms with Gasteiger partial charge in [0.05, 0.1) is 25.3 Å². The van der Waals surface area contributed by atoms with Gasteiger partial charge in [0.15, 0.2) is 0 Å². The van der Waals surface area contributed by atoms with Gasteiger partial charge in [-0.05, 0) is 19.1 Å². The van der Waals surface area contributed by atoms with Crippen molar-refractivity contribution in [3.8, 4) is 6.07 Å². The zero-order valence-electron chi connectivity index (χ0n) is 8.86. The summed E-state index contributed by atoms with van der Waals surface area (Å²) in [6, 6.07) is 9.54. The fraction of sp³-hybridized carbons (Fsp3) is 0.273. The monoisotopic (exact) mass is 206 g/mol. The van der Waals surface area contributed by atoms with E-state index >= 15 is 0 Å². The standard InChI is InChI=1S/C8H7N.C3H7NO2/c1-7-2-4-8(6-9)5-3-7;1-6-3(5)2-4/h2-5H,1H3;2,4H2,1H3. The van der Waals surface area contributed by atoms with Crippen LogP contribution in [0.25, 0.3) is 0 Å². The van der Waals surface area contributed by atoms with E-state index in [0.717, 1.165) is 5.56 Å². The average molecular weight is 206 g/mol. The van der Waals surface area contributed by atoms with E-state index in [1.807, 2.05) is 31.2 Å². The van der Waals surface area contributed by atoms with Gasteiger partial charge in [-0.25, -0.2) is 0 Å². The van der Waals surface area contributed by atoms with Gasteiger partial charge in [0.2, 0.25) is 0 Å². The first-order valence-electron chi connectivity index (χ1n) is 4.37. The minimum atomic E-state index is -0.380. The van der Waals surface area contributed by atoms with E-state index in [9.17, 15) is 4.79 Å². The Morgan fingerprint density at radius 2 is 2.00 bits per heavy atom. The molecule has 0 unspecified atom stereocenters. The maximum absolute atomic E-state index is 9.83. The summed E-state index contributed by atoms with van der Waals surface area (Å²) in [5, 5.41) is 8.38. The number of esters is 1. The molecule has 0 aliphatic rings. The fourth-order valence-electron chi connectivity index (χ4n) is 0.711. The number of carbonyl (C=O) groups excluding carboxylic acids is 1. The summed E-state index contributed by atoms with van der Waals surface area (Å²) < 4.78 is 4.14. The van der Waals surface area contributed by atoms with Crippen molar-refractivity contribution in [3.63, 3.8) is 0 Å². The summed E-state index contributed by atoms with van der Waals surface area (Å²) in [5.41, 5.74) is 6.72. The number of methoxy groups -OCH3 is 1. The fourth-order valence-corrected chi connectivity index (χ4v) is 0.711. The number of nitrogens with zero attached hydrogens (tertiary/aromatic N) is 1. The first kappa shape index (κ1) is 13.1. The highest BCUT2D eigenvalue weighted by molar-refractivity contribution is 5.70. The third-order valence-electron chi connectivity index (χ3n) is 1.58. The summed E-state index contributed by atoms with van der Waals surface area (Å²) in [6.07, 6.45) is 0. The Morgan fingerprint density at radius 3 is 2.27 bits per heavy atom. The van der Waals surface area contributed by atoms with Crippen LogP contribution in [0, 0.1) is 18.3 Å². The number of carbonyl (C=O) groups is 1. The van der Waals surface area contributed by atoms with Crippen LogP contribution in [-0.2, 0) is 9.53 Å². The molecule has 0 saturated heterocycles. The van der Waals surface area contributed by atoms with Gasteiger partial charge in [-0.2, -0.15) is 5.26 Å². The molecule has 1 aromatic rings. The van der Waals surface area contributed by atoms with Crippen molar-refractivity contribution in [2.75, 3.05) is 13.7 Å². The van der Waals surface area contributed by atoms with Crippen LogP contribution in [0.5, 0.6) is 0 Å². The summed E-state index contributed by atoms with van der Waals surface area (Å²) in [6.45, 7) is 1.97. The van der Waals surface area contributed by atoms with Crippen molar-refractivity contribution >= 4 is 5.97 Å². The number of rotatable bonds is 1. The normalized spacial score (nSPS) is 8.13. The van der Waals surface area contributed by atoms with Gasteiger partial charge in [-0.15, -0.1) is 0 Å². The molecule has 0 atom stereocenters. The highest BCUT2D eigenvalue weighted by Crippen LogP contribution is 1.99. The van der Waals surface area contributed by atoms with Gasteiger partial charge in [-0.1, -0.05) is 17.7 Å². The molecule has 1 aromatic carbocycles. The van der Waals surface area contributed by atoms with Gasteiger partial charge in [0.1, 0.15) is 0 Å². The SMILES string of the molecule is COC(=O)CN.Cc1ccc(C#N)cc1. The Labute approximate surface area is 89.3 Å². The Hall–Kier alpha value is -1.86. The molecule has 0 spiro atoms. The van der Waals surface area contributed by atoms with Crippen molar-refractivity contribution in [1.82, 2.24) is 0 Å². The van der Waals surface area contributed by atoms with Crippen molar-refractivity contribution in [3.05, 3.63) is 35.4 Å². The Morgan fingerprint density at radius 1 is 1.47 bits per heavy atom. The molecule has 0 radical (unpaired) electrons. The summed E-state index contributed by atoms with van der Waals surface area (Å²) in [4.78, 5) is 9.83. The van der Waals surface area contributed by atoms with Crippen molar-refractivity contribution in [1.29, 1.82) is 5.26 Å². The minimum Gasteiger partial charge on any atom is -0.468 e. The molecule has 2 N–H and O–H groups in total. The smallest absolute Gasteiger partial charge is 0.319 e. The van der Waals surface area contributed by atoms with E-state index in [1.165, 1.54) is 12.7 Å². The predicted octanol–water partition coefficient (Wildman–Crippen LogP) is 0.985. The number of nitriles is 1. The Balaban J connectivity index is 0.000000288. The lowest BCUT2D eigenvalue weighted by molar-refractivity contribution is -0.138. The van der Waals surface area contributed by atoms with Gasteiger partial charge in [0, 0.05) is 0 Å².